The predicted molar refractivity (Wildman–Crippen MR) is 93.7 cm³/mol. The Bertz CT molecular complexity index is 851. The van der Waals surface area contributed by atoms with E-state index in [0.29, 0.717) is 32.1 Å². The van der Waals surface area contributed by atoms with Gasteiger partial charge in [0, 0.05) is 46.5 Å². The molecular formula is C16H20FN5O2S. The van der Waals surface area contributed by atoms with Gasteiger partial charge in [0.2, 0.25) is 16.0 Å². The number of benzene rings is 1. The van der Waals surface area contributed by atoms with Crippen molar-refractivity contribution in [2.75, 3.05) is 50.1 Å². The zero-order chi connectivity index (χ0) is 18.0. The molecule has 1 saturated heterocycles. The van der Waals surface area contributed by atoms with Crippen molar-refractivity contribution in [3.8, 4) is 0 Å². The Labute approximate surface area is 146 Å². The van der Waals surface area contributed by atoms with Gasteiger partial charge < -0.3 is 9.80 Å². The zero-order valence-electron chi connectivity index (χ0n) is 14.1. The predicted octanol–water partition coefficient (Wildman–Crippen LogP) is 1.19. The fourth-order valence-electron chi connectivity index (χ4n) is 2.65. The number of rotatable bonds is 4. The molecule has 1 aromatic heterocycles. The molecule has 134 valence electrons. The number of hydrogen-bond acceptors (Lipinski definition) is 6. The zero-order valence-corrected chi connectivity index (χ0v) is 14.9. The molecule has 0 radical (unpaired) electrons. The minimum atomic E-state index is -3.69. The molecule has 2 aromatic rings. The molecule has 9 heteroatoms. The molecule has 0 aliphatic carbocycles. The van der Waals surface area contributed by atoms with Crippen molar-refractivity contribution in [1.82, 2.24) is 14.3 Å². The highest BCUT2D eigenvalue weighted by Crippen LogP contribution is 2.20. The molecule has 0 spiro atoms. The van der Waals surface area contributed by atoms with Gasteiger partial charge in [0.15, 0.2) is 0 Å². The van der Waals surface area contributed by atoms with Crippen LogP contribution in [-0.2, 0) is 10.0 Å². The summed E-state index contributed by atoms with van der Waals surface area (Å²) in [4.78, 5) is 12.6. The Morgan fingerprint density at radius 3 is 2.48 bits per heavy atom. The molecule has 1 aromatic carbocycles. The molecule has 0 N–H and O–H groups in total. The third-order valence-corrected chi connectivity index (χ3v) is 5.94. The summed E-state index contributed by atoms with van der Waals surface area (Å²) < 4.78 is 40.0. The molecule has 7 nitrogen and oxygen atoms in total. The van der Waals surface area contributed by atoms with Crippen molar-refractivity contribution in [2.24, 2.45) is 0 Å². The lowest BCUT2D eigenvalue weighted by molar-refractivity contribution is 0.382. The number of nitrogens with zero attached hydrogens (tertiary/aromatic N) is 5. The number of aromatic nitrogens is 2. The Morgan fingerprint density at radius 1 is 1.12 bits per heavy atom. The van der Waals surface area contributed by atoms with Gasteiger partial charge in [0.25, 0.3) is 0 Å². The van der Waals surface area contributed by atoms with Crippen molar-refractivity contribution in [2.45, 2.75) is 4.90 Å². The van der Waals surface area contributed by atoms with Gasteiger partial charge in [0.05, 0.1) is 4.90 Å². The number of piperazine rings is 1. The van der Waals surface area contributed by atoms with E-state index >= 15 is 0 Å². The first-order chi connectivity index (χ1) is 11.9. The Hall–Kier alpha value is -2.26. The van der Waals surface area contributed by atoms with Crippen LogP contribution >= 0.6 is 0 Å². The van der Waals surface area contributed by atoms with Crippen molar-refractivity contribution < 1.29 is 12.8 Å². The molecule has 0 bridgehead atoms. The first-order valence-corrected chi connectivity index (χ1v) is 9.33. The molecule has 0 amide bonds. The Balaban J connectivity index is 1.72. The maximum absolute atomic E-state index is 13.3. The SMILES string of the molecule is CN(C)c1ccnc(N2CCN(S(=O)(=O)c3cccc(F)c3)CC2)n1. The molecule has 25 heavy (non-hydrogen) atoms. The number of sulfonamides is 1. The maximum Gasteiger partial charge on any atom is 0.243 e. The summed E-state index contributed by atoms with van der Waals surface area (Å²) in [6.45, 7) is 1.56. The normalized spacial score (nSPS) is 16.0. The standard InChI is InChI=1S/C16H20FN5O2S/c1-20(2)15-6-7-18-16(19-15)21-8-10-22(11-9-21)25(23,24)14-5-3-4-13(17)12-14/h3-7,12H,8-11H2,1-2H3. The smallest absolute Gasteiger partial charge is 0.243 e. The monoisotopic (exact) mass is 365 g/mol. The quantitative estimate of drug-likeness (QED) is 0.811. The first kappa shape index (κ1) is 17.6. The lowest BCUT2D eigenvalue weighted by Crippen LogP contribution is -2.49. The molecule has 3 rings (SSSR count). The molecule has 2 heterocycles. The second-order valence-electron chi connectivity index (χ2n) is 5.96. The van der Waals surface area contributed by atoms with E-state index in [-0.39, 0.29) is 4.90 Å². The van der Waals surface area contributed by atoms with Crippen molar-refractivity contribution in [3.63, 3.8) is 0 Å². The second kappa shape index (κ2) is 6.93. The van der Waals surface area contributed by atoms with Gasteiger partial charge in [-0.05, 0) is 24.3 Å². The minimum absolute atomic E-state index is 0.0215. The van der Waals surface area contributed by atoms with E-state index < -0.39 is 15.8 Å². The van der Waals surface area contributed by atoms with E-state index in [9.17, 15) is 12.8 Å². The highest BCUT2D eigenvalue weighted by molar-refractivity contribution is 7.89. The summed E-state index contributed by atoms with van der Waals surface area (Å²) in [5, 5.41) is 0. The van der Waals surface area contributed by atoms with Crippen LogP contribution in [-0.4, -0.2) is 63.0 Å². The van der Waals surface area contributed by atoms with Gasteiger partial charge in [-0.1, -0.05) is 6.07 Å². The minimum Gasteiger partial charge on any atom is -0.363 e. The third kappa shape index (κ3) is 3.72. The lowest BCUT2D eigenvalue weighted by atomic mass is 10.3. The van der Waals surface area contributed by atoms with Crippen molar-refractivity contribution in [1.29, 1.82) is 0 Å². The van der Waals surface area contributed by atoms with Crippen LogP contribution in [0.2, 0.25) is 0 Å². The molecule has 0 saturated carbocycles. The summed E-state index contributed by atoms with van der Waals surface area (Å²) in [7, 11) is 0.103. The summed E-state index contributed by atoms with van der Waals surface area (Å²) >= 11 is 0. The van der Waals surface area contributed by atoms with Crippen LogP contribution in [0.15, 0.2) is 41.4 Å². The number of halogens is 1. The van der Waals surface area contributed by atoms with E-state index in [0.717, 1.165) is 11.9 Å². The highest BCUT2D eigenvalue weighted by Gasteiger charge is 2.29. The number of anilines is 2. The van der Waals surface area contributed by atoms with Gasteiger partial charge in [0.1, 0.15) is 11.6 Å². The highest BCUT2D eigenvalue weighted by atomic mass is 32.2. The fraction of sp³-hybridized carbons (Fsp3) is 0.375. The topological polar surface area (TPSA) is 69.6 Å². The Morgan fingerprint density at radius 2 is 1.84 bits per heavy atom. The van der Waals surface area contributed by atoms with Crippen LogP contribution in [0.5, 0.6) is 0 Å². The molecule has 1 fully saturated rings. The summed E-state index contributed by atoms with van der Waals surface area (Å²) in [6, 6.07) is 6.90. The Kier molecular flexibility index (Phi) is 4.87. The largest absolute Gasteiger partial charge is 0.363 e. The van der Waals surface area contributed by atoms with Gasteiger partial charge >= 0.3 is 0 Å². The average Bonchev–Trinajstić information content (AvgIpc) is 2.62. The molecule has 1 aliphatic rings. The summed E-state index contributed by atoms with van der Waals surface area (Å²) in [5.41, 5.74) is 0. The lowest BCUT2D eigenvalue weighted by Gasteiger charge is -2.34. The second-order valence-corrected chi connectivity index (χ2v) is 7.90. The fourth-order valence-corrected chi connectivity index (χ4v) is 4.10. The van der Waals surface area contributed by atoms with E-state index in [4.69, 9.17) is 0 Å². The van der Waals surface area contributed by atoms with E-state index in [2.05, 4.69) is 9.97 Å². The summed E-state index contributed by atoms with van der Waals surface area (Å²) in [6.07, 6.45) is 1.69. The first-order valence-electron chi connectivity index (χ1n) is 7.89. The van der Waals surface area contributed by atoms with Gasteiger partial charge in [-0.2, -0.15) is 9.29 Å². The average molecular weight is 365 g/mol. The number of hydrogen-bond donors (Lipinski definition) is 0. The van der Waals surface area contributed by atoms with Gasteiger partial charge in [-0.25, -0.2) is 17.8 Å². The van der Waals surface area contributed by atoms with Gasteiger partial charge in [-0.15, -0.1) is 0 Å². The van der Waals surface area contributed by atoms with Crippen molar-refractivity contribution in [3.05, 3.63) is 42.3 Å². The van der Waals surface area contributed by atoms with E-state index in [1.165, 1.54) is 22.5 Å². The van der Waals surface area contributed by atoms with E-state index in [1.807, 2.05) is 30.0 Å². The molecule has 0 unspecified atom stereocenters. The molecular weight excluding hydrogens is 345 g/mol. The summed E-state index contributed by atoms with van der Waals surface area (Å²) in [5.74, 6) is 0.808. The van der Waals surface area contributed by atoms with Crippen LogP contribution < -0.4 is 9.80 Å². The van der Waals surface area contributed by atoms with Crippen LogP contribution in [0.1, 0.15) is 0 Å². The van der Waals surface area contributed by atoms with Crippen LogP contribution in [0.3, 0.4) is 0 Å². The van der Waals surface area contributed by atoms with Crippen molar-refractivity contribution >= 4 is 21.8 Å². The van der Waals surface area contributed by atoms with Crippen LogP contribution in [0, 0.1) is 5.82 Å². The van der Waals surface area contributed by atoms with Crippen LogP contribution in [0.25, 0.3) is 0 Å². The third-order valence-electron chi connectivity index (χ3n) is 4.04. The molecule has 0 atom stereocenters. The molecule has 1 aliphatic heterocycles. The van der Waals surface area contributed by atoms with Crippen LogP contribution in [0.4, 0.5) is 16.2 Å². The van der Waals surface area contributed by atoms with E-state index in [1.54, 1.807) is 6.20 Å². The maximum atomic E-state index is 13.3. The van der Waals surface area contributed by atoms with Gasteiger partial charge in [-0.3, -0.25) is 0 Å².